The van der Waals surface area contributed by atoms with E-state index in [0.29, 0.717) is 5.76 Å². The molecule has 0 saturated heterocycles. The van der Waals surface area contributed by atoms with Crippen molar-refractivity contribution in [2.45, 2.75) is 34.6 Å². The minimum absolute atomic E-state index is 0.154. The van der Waals surface area contributed by atoms with Gasteiger partial charge in [0.05, 0.1) is 19.6 Å². The van der Waals surface area contributed by atoms with E-state index in [-0.39, 0.29) is 37.3 Å². The molecule has 3 N–H and O–H groups in total. The molecule has 0 unspecified atom stereocenters. The van der Waals surface area contributed by atoms with E-state index in [9.17, 15) is 14.4 Å². The monoisotopic (exact) mass is 477 g/mol. The van der Waals surface area contributed by atoms with E-state index in [1.54, 1.807) is 13.0 Å². The highest BCUT2D eigenvalue weighted by atomic mass is 16.5. The number of hydrogen-bond donors (Lipinski definition) is 3. The van der Waals surface area contributed by atoms with Gasteiger partial charge in [-0.05, 0) is 56.9 Å². The third kappa shape index (κ3) is 7.25. The fourth-order valence-electron chi connectivity index (χ4n) is 3.77. The summed E-state index contributed by atoms with van der Waals surface area (Å²) in [7, 11) is 0. The van der Waals surface area contributed by atoms with E-state index < -0.39 is 5.91 Å². The average molecular weight is 478 g/mol. The molecule has 0 atom stereocenters. The zero-order valence-electron chi connectivity index (χ0n) is 20.7. The van der Waals surface area contributed by atoms with Gasteiger partial charge < -0.3 is 20.5 Å². The van der Waals surface area contributed by atoms with Gasteiger partial charge in [0.1, 0.15) is 5.76 Å². The summed E-state index contributed by atoms with van der Waals surface area (Å²) in [5.41, 5.74) is 5.15. The quantitative estimate of drug-likeness (QED) is 0.432. The summed E-state index contributed by atoms with van der Waals surface area (Å²) in [6.07, 6.45) is 0. The van der Waals surface area contributed by atoms with E-state index in [1.165, 1.54) is 4.90 Å². The van der Waals surface area contributed by atoms with E-state index >= 15 is 0 Å². The summed E-state index contributed by atoms with van der Waals surface area (Å²) >= 11 is 0. The maximum absolute atomic E-state index is 12.9. The Labute approximate surface area is 204 Å². The summed E-state index contributed by atoms with van der Waals surface area (Å²) in [5, 5.41) is 12.2. The number of amides is 3. The molecule has 1 aromatic heterocycles. The lowest BCUT2D eigenvalue weighted by atomic mass is 10.1. The van der Waals surface area contributed by atoms with Crippen LogP contribution in [0.2, 0.25) is 0 Å². The molecule has 9 heteroatoms. The Morgan fingerprint density at radius 2 is 1.11 bits per heavy atom. The Kier molecular flexibility index (Phi) is 8.38. The van der Waals surface area contributed by atoms with Crippen LogP contribution in [0.5, 0.6) is 0 Å². The van der Waals surface area contributed by atoms with Crippen molar-refractivity contribution in [1.29, 1.82) is 0 Å². The first kappa shape index (κ1) is 25.6. The number of para-hydroxylation sites is 2. The number of rotatable bonds is 9. The molecule has 3 rings (SSSR count). The normalized spacial score (nSPS) is 10.8. The van der Waals surface area contributed by atoms with Crippen LogP contribution in [0.25, 0.3) is 0 Å². The number of carbonyl (C=O) groups excluding carboxylic acids is 3. The fraction of sp³-hybridized carbons (Fsp3) is 0.308. The molecule has 0 spiro atoms. The van der Waals surface area contributed by atoms with E-state index in [0.717, 1.165) is 33.6 Å². The van der Waals surface area contributed by atoms with E-state index in [4.69, 9.17) is 4.52 Å². The molecule has 3 aromatic rings. The van der Waals surface area contributed by atoms with Crippen LogP contribution in [0.4, 0.5) is 17.2 Å². The standard InChI is InChI=1S/C26H31N5O4/c1-16-8-6-9-17(2)25(16)28-23(33)14-31(13-22(32)27-21-12-20(5)35-30-21)15-24(34)29-26-18(3)10-7-11-19(26)4/h6-12H,13-15H2,1-5H3,(H,28,33)(H,29,34)(H,27,30,32). The van der Waals surface area contributed by atoms with Gasteiger partial charge in [0, 0.05) is 17.4 Å². The number of aryl methyl sites for hydroxylation is 5. The van der Waals surface area contributed by atoms with Crippen LogP contribution in [0.1, 0.15) is 28.0 Å². The summed E-state index contributed by atoms with van der Waals surface area (Å²) in [6.45, 7) is 8.85. The molecule has 9 nitrogen and oxygen atoms in total. The SMILES string of the molecule is Cc1cc(NC(=O)CN(CC(=O)Nc2c(C)cccc2C)CC(=O)Nc2c(C)cccc2C)no1. The smallest absolute Gasteiger partial charge is 0.239 e. The van der Waals surface area contributed by atoms with Crippen LogP contribution in [0, 0.1) is 34.6 Å². The second-order valence-electron chi connectivity index (χ2n) is 8.65. The first-order valence-corrected chi connectivity index (χ1v) is 11.3. The van der Waals surface area contributed by atoms with Crippen molar-refractivity contribution in [2.24, 2.45) is 0 Å². The van der Waals surface area contributed by atoms with Crippen molar-refractivity contribution in [3.63, 3.8) is 0 Å². The molecule has 184 valence electrons. The Morgan fingerprint density at radius 1 is 0.714 bits per heavy atom. The first-order valence-electron chi connectivity index (χ1n) is 11.3. The van der Waals surface area contributed by atoms with Gasteiger partial charge in [-0.1, -0.05) is 41.6 Å². The van der Waals surface area contributed by atoms with Crippen LogP contribution >= 0.6 is 0 Å². The summed E-state index contributed by atoms with van der Waals surface area (Å²) in [4.78, 5) is 39.9. The Hall–Kier alpha value is -3.98. The summed E-state index contributed by atoms with van der Waals surface area (Å²) in [6, 6.07) is 13.1. The predicted molar refractivity (Wildman–Crippen MR) is 135 cm³/mol. The molecule has 0 saturated carbocycles. The molecular formula is C26H31N5O4. The van der Waals surface area contributed by atoms with Gasteiger partial charge in [-0.25, -0.2) is 0 Å². The Balaban J connectivity index is 1.71. The Morgan fingerprint density at radius 3 is 1.49 bits per heavy atom. The summed E-state index contributed by atoms with van der Waals surface area (Å²) in [5.74, 6) is -0.247. The zero-order chi connectivity index (χ0) is 25.5. The van der Waals surface area contributed by atoms with Crippen molar-refractivity contribution in [2.75, 3.05) is 35.6 Å². The van der Waals surface area contributed by atoms with Gasteiger partial charge in [-0.15, -0.1) is 0 Å². The first-order chi connectivity index (χ1) is 16.6. The van der Waals surface area contributed by atoms with Gasteiger partial charge in [0.15, 0.2) is 5.82 Å². The largest absolute Gasteiger partial charge is 0.360 e. The average Bonchev–Trinajstić information content (AvgIpc) is 3.17. The van der Waals surface area contributed by atoms with E-state index in [2.05, 4.69) is 21.1 Å². The number of carbonyl (C=O) groups is 3. The highest BCUT2D eigenvalue weighted by molar-refractivity contribution is 5.97. The lowest BCUT2D eigenvalue weighted by Crippen LogP contribution is -2.43. The minimum atomic E-state index is -0.418. The lowest BCUT2D eigenvalue weighted by molar-refractivity contribution is -0.122. The van der Waals surface area contributed by atoms with Gasteiger partial charge in [0.2, 0.25) is 17.7 Å². The second-order valence-corrected chi connectivity index (χ2v) is 8.65. The maximum atomic E-state index is 12.9. The van der Waals surface area contributed by atoms with Crippen LogP contribution in [0.15, 0.2) is 47.0 Å². The van der Waals surface area contributed by atoms with Crippen LogP contribution < -0.4 is 16.0 Å². The summed E-state index contributed by atoms with van der Waals surface area (Å²) < 4.78 is 4.97. The molecule has 0 bridgehead atoms. The third-order valence-corrected chi connectivity index (χ3v) is 5.49. The molecular weight excluding hydrogens is 446 g/mol. The van der Waals surface area contributed by atoms with Crippen molar-refractivity contribution >= 4 is 34.9 Å². The van der Waals surface area contributed by atoms with Crippen LogP contribution in [-0.2, 0) is 14.4 Å². The van der Waals surface area contributed by atoms with Gasteiger partial charge in [-0.3, -0.25) is 19.3 Å². The molecule has 0 aliphatic heterocycles. The van der Waals surface area contributed by atoms with Gasteiger partial charge in [-0.2, -0.15) is 0 Å². The number of hydrogen-bond acceptors (Lipinski definition) is 6. The molecule has 0 aliphatic carbocycles. The molecule has 0 aliphatic rings. The van der Waals surface area contributed by atoms with Crippen LogP contribution in [-0.4, -0.2) is 47.4 Å². The number of benzene rings is 2. The second kappa shape index (κ2) is 11.4. The van der Waals surface area contributed by atoms with Crippen molar-refractivity contribution in [3.05, 3.63) is 70.5 Å². The van der Waals surface area contributed by atoms with Crippen LogP contribution in [0.3, 0.4) is 0 Å². The molecule has 2 aromatic carbocycles. The molecule has 0 radical (unpaired) electrons. The molecule has 1 heterocycles. The fourth-order valence-corrected chi connectivity index (χ4v) is 3.77. The van der Waals surface area contributed by atoms with Crippen molar-refractivity contribution < 1.29 is 18.9 Å². The lowest BCUT2D eigenvalue weighted by Gasteiger charge is -2.22. The number of aromatic nitrogens is 1. The van der Waals surface area contributed by atoms with E-state index in [1.807, 2.05) is 64.1 Å². The Bertz CT molecular complexity index is 1130. The zero-order valence-corrected chi connectivity index (χ0v) is 20.7. The van der Waals surface area contributed by atoms with Gasteiger partial charge >= 0.3 is 0 Å². The maximum Gasteiger partial charge on any atom is 0.239 e. The predicted octanol–water partition coefficient (Wildman–Crippen LogP) is 3.73. The highest BCUT2D eigenvalue weighted by Crippen LogP contribution is 2.20. The molecule has 3 amide bonds. The van der Waals surface area contributed by atoms with Gasteiger partial charge in [0.25, 0.3) is 0 Å². The van der Waals surface area contributed by atoms with Crippen molar-refractivity contribution in [1.82, 2.24) is 10.1 Å². The number of nitrogens with zero attached hydrogens (tertiary/aromatic N) is 2. The number of nitrogens with one attached hydrogen (secondary N) is 3. The minimum Gasteiger partial charge on any atom is -0.360 e. The topological polar surface area (TPSA) is 117 Å². The molecule has 0 fully saturated rings. The van der Waals surface area contributed by atoms with Crippen molar-refractivity contribution in [3.8, 4) is 0 Å². The molecule has 35 heavy (non-hydrogen) atoms. The highest BCUT2D eigenvalue weighted by Gasteiger charge is 2.20. The third-order valence-electron chi connectivity index (χ3n) is 5.49. The number of anilines is 3.